The highest BCUT2D eigenvalue weighted by molar-refractivity contribution is 5.99. The molecule has 0 bridgehead atoms. The Kier molecular flexibility index (Phi) is 3.60. The number of fused-ring (bicyclic) bond motifs is 1. The van der Waals surface area contributed by atoms with Crippen molar-refractivity contribution in [2.45, 2.75) is 45.1 Å². The van der Waals surface area contributed by atoms with E-state index in [1.807, 2.05) is 24.3 Å². The highest BCUT2D eigenvalue weighted by Crippen LogP contribution is 2.28. The summed E-state index contributed by atoms with van der Waals surface area (Å²) in [5, 5.41) is 0. The lowest BCUT2D eigenvalue weighted by atomic mass is 9.97. The number of unbranched alkanes of at least 4 members (excludes halogenated alkanes) is 2. The van der Waals surface area contributed by atoms with Gasteiger partial charge in [0.15, 0.2) is 5.78 Å². The van der Waals surface area contributed by atoms with E-state index in [-0.39, 0.29) is 11.9 Å². The number of ketones is 1. The van der Waals surface area contributed by atoms with Gasteiger partial charge in [-0.3, -0.25) is 4.79 Å². The number of hydrogen-bond acceptors (Lipinski definition) is 2. The van der Waals surface area contributed by atoms with E-state index >= 15 is 0 Å². The molecule has 0 N–H and O–H groups in total. The Hall–Kier alpha value is -1.31. The van der Waals surface area contributed by atoms with E-state index in [9.17, 15) is 4.79 Å². The number of ether oxygens (including phenoxy) is 1. The molecule has 16 heavy (non-hydrogen) atoms. The Bertz CT molecular complexity index is 371. The Morgan fingerprint density at radius 3 is 2.94 bits per heavy atom. The van der Waals surface area contributed by atoms with Crippen molar-refractivity contribution in [2.24, 2.45) is 0 Å². The summed E-state index contributed by atoms with van der Waals surface area (Å²) >= 11 is 0. The monoisotopic (exact) mass is 218 g/mol. The van der Waals surface area contributed by atoms with Gasteiger partial charge in [-0.05, 0) is 25.0 Å². The molecule has 1 heterocycles. The summed E-state index contributed by atoms with van der Waals surface area (Å²) in [5.41, 5.74) is 0.745. The Morgan fingerprint density at radius 1 is 1.31 bits per heavy atom. The fourth-order valence-corrected chi connectivity index (χ4v) is 2.12. The lowest BCUT2D eigenvalue weighted by Crippen LogP contribution is -2.26. The van der Waals surface area contributed by atoms with E-state index in [2.05, 4.69) is 6.92 Å². The molecular formula is C14H18O2. The van der Waals surface area contributed by atoms with Crippen molar-refractivity contribution in [3.63, 3.8) is 0 Å². The predicted molar refractivity (Wildman–Crippen MR) is 63.9 cm³/mol. The van der Waals surface area contributed by atoms with Gasteiger partial charge < -0.3 is 4.74 Å². The van der Waals surface area contributed by atoms with Crippen molar-refractivity contribution in [3.05, 3.63) is 29.8 Å². The second-order valence-electron chi connectivity index (χ2n) is 4.36. The Balaban J connectivity index is 2.01. The maximum absolute atomic E-state index is 11.8. The molecule has 2 nitrogen and oxygen atoms in total. The number of rotatable bonds is 4. The van der Waals surface area contributed by atoms with Crippen molar-refractivity contribution in [1.82, 2.24) is 0 Å². The van der Waals surface area contributed by atoms with Crippen molar-refractivity contribution in [3.8, 4) is 5.75 Å². The number of carbonyl (C=O) groups excluding carboxylic acids is 1. The summed E-state index contributed by atoms with van der Waals surface area (Å²) in [4.78, 5) is 11.8. The molecule has 0 saturated heterocycles. The van der Waals surface area contributed by atoms with Gasteiger partial charge in [-0.2, -0.15) is 0 Å². The quantitative estimate of drug-likeness (QED) is 0.722. The first-order valence-electron chi connectivity index (χ1n) is 6.10. The number of benzene rings is 1. The number of carbonyl (C=O) groups is 1. The largest absolute Gasteiger partial charge is 0.489 e. The zero-order valence-corrected chi connectivity index (χ0v) is 9.74. The number of para-hydroxylation sites is 1. The molecule has 1 atom stereocenters. The van der Waals surface area contributed by atoms with Gasteiger partial charge >= 0.3 is 0 Å². The van der Waals surface area contributed by atoms with Crippen LogP contribution in [-0.4, -0.2) is 11.9 Å². The minimum absolute atomic E-state index is 0.0916. The van der Waals surface area contributed by atoms with E-state index < -0.39 is 0 Å². The van der Waals surface area contributed by atoms with Gasteiger partial charge in [0.25, 0.3) is 0 Å². The first-order valence-corrected chi connectivity index (χ1v) is 6.10. The van der Waals surface area contributed by atoms with Crippen LogP contribution in [0.25, 0.3) is 0 Å². The molecule has 0 aromatic heterocycles. The van der Waals surface area contributed by atoms with Crippen molar-refractivity contribution in [2.75, 3.05) is 0 Å². The van der Waals surface area contributed by atoms with Gasteiger partial charge in [-0.25, -0.2) is 0 Å². The van der Waals surface area contributed by atoms with Crippen molar-refractivity contribution >= 4 is 5.78 Å². The SMILES string of the molecule is CCCCC[C@@H]1CC(=O)c2ccccc2O1. The third kappa shape index (κ3) is 2.43. The smallest absolute Gasteiger partial charge is 0.170 e. The van der Waals surface area contributed by atoms with Crippen LogP contribution in [0.1, 0.15) is 49.4 Å². The van der Waals surface area contributed by atoms with Crippen LogP contribution in [-0.2, 0) is 0 Å². The highest BCUT2D eigenvalue weighted by Gasteiger charge is 2.25. The molecule has 0 amide bonds. The summed E-state index contributed by atoms with van der Waals surface area (Å²) in [5.74, 6) is 0.989. The topological polar surface area (TPSA) is 26.3 Å². The molecule has 1 aliphatic rings. The van der Waals surface area contributed by atoms with E-state index in [0.717, 1.165) is 24.2 Å². The van der Waals surface area contributed by atoms with Crippen LogP contribution in [0.5, 0.6) is 5.75 Å². The van der Waals surface area contributed by atoms with E-state index in [1.165, 1.54) is 12.8 Å². The van der Waals surface area contributed by atoms with Gasteiger partial charge in [0.2, 0.25) is 0 Å². The lowest BCUT2D eigenvalue weighted by Gasteiger charge is -2.25. The van der Waals surface area contributed by atoms with Gasteiger partial charge in [-0.15, -0.1) is 0 Å². The van der Waals surface area contributed by atoms with Gasteiger partial charge in [0.1, 0.15) is 11.9 Å². The fraction of sp³-hybridized carbons (Fsp3) is 0.500. The van der Waals surface area contributed by atoms with Crippen LogP contribution >= 0.6 is 0 Å². The van der Waals surface area contributed by atoms with Gasteiger partial charge in [0, 0.05) is 6.42 Å². The molecule has 0 fully saturated rings. The number of hydrogen-bond donors (Lipinski definition) is 0. The zero-order chi connectivity index (χ0) is 11.4. The van der Waals surface area contributed by atoms with Crippen LogP contribution < -0.4 is 4.74 Å². The standard InChI is InChI=1S/C14H18O2/c1-2-3-4-7-11-10-13(15)12-8-5-6-9-14(12)16-11/h5-6,8-9,11H,2-4,7,10H2,1H3/t11-/m1/s1. The molecule has 1 aromatic rings. The summed E-state index contributed by atoms with van der Waals surface area (Å²) in [6.45, 7) is 2.18. The van der Waals surface area contributed by atoms with Gasteiger partial charge in [0.05, 0.1) is 5.56 Å². The van der Waals surface area contributed by atoms with Gasteiger partial charge in [-0.1, -0.05) is 31.9 Å². The molecule has 1 aliphatic heterocycles. The molecule has 0 unspecified atom stereocenters. The molecule has 2 heteroatoms. The predicted octanol–water partition coefficient (Wildman–Crippen LogP) is 3.60. The summed E-state index contributed by atoms with van der Waals surface area (Å²) in [6, 6.07) is 7.54. The van der Waals surface area contributed by atoms with E-state index in [4.69, 9.17) is 4.74 Å². The van der Waals surface area contributed by atoms with Crippen molar-refractivity contribution in [1.29, 1.82) is 0 Å². The maximum atomic E-state index is 11.8. The lowest BCUT2D eigenvalue weighted by molar-refractivity contribution is 0.0835. The summed E-state index contributed by atoms with van der Waals surface area (Å²) < 4.78 is 5.83. The van der Waals surface area contributed by atoms with Crippen molar-refractivity contribution < 1.29 is 9.53 Å². The van der Waals surface area contributed by atoms with Crippen LogP contribution in [0.3, 0.4) is 0 Å². The molecule has 0 saturated carbocycles. The zero-order valence-electron chi connectivity index (χ0n) is 9.74. The van der Waals surface area contributed by atoms with Crippen LogP contribution in [0.2, 0.25) is 0 Å². The molecule has 0 aliphatic carbocycles. The molecule has 0 radical (unpaired) electrons. The molecule has 1 aromatic carbocycles. The summed E-state index contributed by atoms with van der Waals surface area (Å²) in [6.07, 6.45) is 5.20. The average molecular weight is 218 g/mol. The number of Topliss-reactive ketones (excluding diaryl/α,β-unsaturated/α-hetero) is 1. The average Bonchev–Trinajstić information content (AvgIpc) is 2.30. The maximum Gasteiger partial charge on any atom is 0.170 e. The van der Waals surface area contributed by atoms with Crippen LogP contribution in [0.4, 0.5) is 0 Å². The first kappa shape index (κ1) is 11.2. The molecular weight excluding hydrogens is 200 g/mol. The Labute approximate surface area is 96.6 Å². The highest BCUT2D eigenvalue weighted by atomic mass is 16.5. The minimum atomic E-state index is 0.0916. The fourth-order valence-electron chi connectivity index (χ4n) is 2.12. The second kappa shape index (κ2) is 5.15. The van der Waals surface area contributed by atoms with E-state index in [1.54, 1.807) is 0 Å². The van der Waals surface area contributed by atoms with Crippen LogP contribution in [0.15, 0.2) is 24.3 Å². The second-order valence-corrected chi connectivity index (χ2v) is 4.36. The third-order valence-electron chi connectivity index (χ3n) is 3.02. The normalized spacial score (nSPS) is 19.1. The third-order valence-corrected chi connectivity index (χ3v) is 3.02. The van der Waals surface area contributed by atoms with Crippen LogP contribution in [0, 0.1) is 0 Å². The minimum Gasteiger partial charge on any atom is -0.489 e. The first-order chi connectivity index (χ1) is 7.81. The Morgan fingerprint density at radius 2 is 2.12 bits per heavy atom. The molecule has 2 rings (SSSR count). The van der Waals surface area contributed by atoms with E-state index in [0.29, 0.717) is 6.42 Å². The molecule has 86 valence electrons. The molecule has 0 spiro atoms. The summed E-state index contributed by atoms with van der Waals surface area (Å²) in [7, 11) is 0.